The Morgan fingerprint density at radius 1 is 1.12 bits per heavy atom. The third-order valence-electron chi connectivity index (χ3n) is 3.90. The van der Waals surface area contributed by atoms with Gasteiger partial charge in [0.25, 0.3) is 5.91 Å². The third kappa shape index (κ3) is 4.09. The molecule has 1 aromatic carbocycles. The minimum Gasteiger partial charge on any atom is -0.351 e. The van der Waals surface area contributed by atoms with Crippen molar-refractivity contribution < 1.29 is 4.79 Å². The average molecular weight is 352 g/mol. The zero-order valence-corrected chi connectivity index (χ0v) is 15.4. The highest BCUT2D eigenvalue weighted by Gasteiger charge is 2.15. The van der Waals surface area contributed by atoms with Crippen molar-refractivity contribution >= 4 is 17.2 Å². The summed E-state index contributed by atoms with van der Waals surface area (Å²) in [5.74, 6) is 0.480. The van der Waals surface area contributed by atoms with Crippen molar-refractivity contribution in [1.29, 1.82) is 0 Å². The van der Waals surface area contributed by atoms with Gasteiger partial charge in [0.05, 0.1) is 22.0 Å². The summed E-state index contributed by atoms with van der Waals surface area (Å²) >= 11 is 1.68. The summed E-state index contributed by atoms with van der Waals surface area (Å²) in [6.45, 7) is 6.42. The highest BCUT2D eigenvalue weighted by molar-refractivity contribution is 7.11. The van der Waals surface area contributed by atoms with Gasteiger partial charge in [-0.3, -0.25) is 4.79 Å². The van der Waals surface area contributed by atoms with Crippen LogP contribution in [-0.4, -0.2) is 27.4 Å². The molecule has 3 rings (SSSR count). The van der Waals surface area contributed by atoms with Gasteiger partial charge >= 0.3 is 0 Å². The van der Waals surface area contributed by atoms with Crippen molar-refractivity contribution in [2.45, 2.75) is 27.2 Å². The molecule has 2 aromatic heterocycles. The molecule has 0 spiro atoms. The van der Waals surface area contributed by atoms with E-state index in [-0.39, 0.29) is 5.91 Å². The van der Waals surface area contributed by atoms with E-state index in [4.69, 9.17) is 0 Å². The lowest BCUT2D eigenvalue weighted by Gasteiger charge is -2.09. The Morgan fingerprint density at radius 3 is 2.56 bits per heavy atom. The molecule has 0 fully saturated rings. The molecule has 0 unspecified atom stereocenters. The Labute approximate surface area is 151 Å². The van der Waals surface area contributed by atoms with Crippen molar-refractivity contribution in [3.05, 3.63) is 63.5 Å². The number of hydrogen-bond acceptors (Lipinski definition) is 5. The predicted octanol–water partition coefficient (Wildman–Crippen LogP) is 3.50. The van der Waals surface area contributed by atoms with Crippen LogP contribution in [0.3, 0.4) is 0 Å². The molecule has 128 valence electrons. The second-order valence-electron chi connectivity index (χ2n) is 5.80. The standard InChI is InChI=1S/C19H20N4OS/c1-12-13(2)25-17(22-12)9-10-20-19(24)16-11-21-14(3)23-18(16)15-7-5-4-6-8-15/h4-8,11H,9-10H2,1-3H3,(H,20,24). The summed E-state index contributed by atoms with van der Waals surface area (Å²) in [5, 5.41) is 3.99. The van der Waals surface area contributed by atoms with E-state index in [1.54, 1.807) is 17.5 Å². The lowest BCUT2D eigenvalue weighted by molar-refractivity contribution is 0.0954. The fourth-order valence-corrected chi connectivity index (χ4v) is 3.41. The first kappa shape index (κ1) is 17.2. The Balaban J connectivity index is 1.74. The summed E-state index contributed by atoms with van der Waals surface area (Å²) in [6.07, 6.45) is 2.32. The van der Waals surface area contributed by atoms with Crippen LogP contribution in [0.4, 0.5) is 0 Å². The van der Waals surface area contributed by atoms with E-state index in [0.29, 0.717) is 23.6 Å². The van der Waals surface area contributed by atoms with E-state index in [9.17, 15) is 4.79 Å². The van der Waals surface area contributed by atoms with Gasteiger partial charge in [0.15, 0.2) is 0 Å². The van der Waals surface area contributed by atoms with Gasteiger partial charge in [0.1, 0.15) is 5.82 Å². The van der Waals surface area contributed by atoms with Crippen LogP contribution in [0, 0.1) is 20.8 Å². The Hall–Kier alpha value is -2.60. The molecule has 0 aliphatic carbocycles. The van der Waals surface area contributed by atoms with Crippen LogP contribution >= 0.6 is 11.3 Å². The Morgan fingerprint density at radius 2 is 1.88 bits per heavy atom. The van der Waals surface area contributed by atoms with Crippen molar-refractivity contribution in [1.82, 2.24) is 20.3 Å². The van der Waals surface area contributed by atoms with Gasteiger partial charge in [0.2, 0.25) is 0 Å². The minimum atomic E-state index is -0.163. The van der Waals surface area contributed by atoms with E-state index < -0.39 is 0 Å². The second-order valence-corrected chi connectivity index (χ2v) is 7.09. The van der Waals surface area contributed by atoms with Gasteiger partial charge in [-0.2, -0.15) is 0 Å². The number of nitrogens with zero attached hydrogens (tertiary/aromatic N) is 3. The van der Waals surface area contributed by atoms with Gasteiger partial charge in [-0.15, -0.1) is 11.3 Å². The molecular weight excluding hydrogens is 332 g/mol. The molecule has 6 heteroatoms. The molecule has 1 amide bonds. The number of aryl methyl sites for hydroxylation is 3. The number of carbonyl (C=O) groups is 1. The van der Waals surface area contributed by atoms with Crippen molar-refractivity contribution in [2.75, 3.05) is 6.54 Å². The van der Waals surface area contributed by atoms with Crippen LogP contribution in [-0.2, 0) is 6.42 Å². The molecule has 1 N–H and O–H groups in total. The summed E-state index contributed by atoms with van der Waals surface area (Å²) in [5.41, 5.74) is 3.11. The molecule has 0 radical (unpaired) electrons. The molecule has 5 nitrogen and oxygen atoms in total. The van der Waals surface area contributed by atoms with E-state index in [1.165, 1.54) is 4.88 Å². The maximum atomic E-state index is 12.6. The van der Waals surface area contributed by atoms with Crippen molar-refractivity contribution in [3.8, 4) is 11.3 Å². The molecule has 25 heavy (non-hydrogen) atoms. The zero-order valence-electron chi connectivity index (χ0n) is 14.5. The summed E-state index contributed by atoms with van der Waals surface area (Å²) in [6, 6.07) is 9.69. The first-order valence-electron chi connectivity index (χ1n) is 8.15. The van der Waals surface area contributed by atoms with Crippen LogP contribution in [0.25, 0.3) is 11.3 Å². The number of hydrogen-bond donors (Lipinski definition) is 1. The first-order chi connectivity index (χ1) is 12.0. The lowest BCUT2D eigenvalue weighted by Crippen LogP contribution is -2.26. The molecule has 2 heterocycles. The smallest absolute Gasteiger partial charge is 0.255 e. The number of nitrogens with one attached hydrogen (secondary N) is 1. The number of benzene rings is 1. The number of carbonyl (C=O) groups excluding carboxylic acids is 1. The Bertz CT molecular complexity index is 870. The van der Waals surface area contributed by atoms with Crippen molar-refractivity contribution in [3.63, 3.8) is 0 Å². The quantitative estimate of drug-likeness (QED) is 0.763. The SMILES string of the molecule is Cc1ncc(C(=O)NCCc2nc(C)c(C)s2)c(-c2ccccc2)n1. The highest BCUT2D eigenvalue weighted by atomic mass is 32.1. The normalized spacial score (nSPS) is 10.7. The number of amides is 1. The van der Waals surface area contributed by atoms with E-state index in [1.807, 2.05) is 44.2 Å². The summed E-state index contributed by atoms with van der Waals surface area (Å²) in [7, 11) is 0. The molecule has 0 saturated carbocycles. The van der Waals surface area contributed by atoms with Gasteiger partial charge < -0.3 is 5.32 Å². The Kier molecular flexibility index (Phi) is 5.19. The molecule has 0 saturated heterocycles. The fraction of sp³-hybridized carbons (Fsp3) is 0.263. The largest absolute Gasteiger partial charge is 0.351 e. The molecule has 0 atom stereocenters. The number of rotatable bonds is 5. The lowest BCUT2D eigenvalue weighted by atomic mass is 10.1. The van der Waals surface area contributed by atoms with Crippen LogP contribution in [0.2, 0.25) is 0 Å². The molecule has 0 aliphatic heterocycles. The topological polar surface area (TPSA) is 67.8 Å². The maximum absolute atomic E-state index is 12.6. The number of aromatic nitrogens is 3. The van der Waals surface area contributed by atoms with E-state index >= 15 is 0 Å². The monoisotopic (exact) mass is 352 g/mol. The maximum Gasteiger partial charge on any atom is 0.255 e. The molecule has 0 aliphatic rings. The van der Waals surface area contributed by atoms with Gasteiger partial charge in [-0.25, -0.2) is 15.0 Å². The van der Waals surface area contributed by atoms with E-state index in [0.717, 1.165) is 22.7 Å². The van der Waals surface area contributed by atoms with Crippen molar-refractivity contribution in [2.24, 2.45) is 0 Å². The molecule has 3 aromatic rings. The van der Waals surface area contributed by atoms with Gasteiger partial charge in [0, 0.05) is 29.6 Å². The first-order valence-corrected chi connectivity index (χ1v) is 8.96. The van der Waals surface area contributed by atoms with Crippen LogP contribution in [0.1, 0.15) is 31.8 Å². The second kappa shape index (κ2) is 7.53. The van der Waals surface area contributed by atoms with Gasteiger partial charge in [-0.1, -0.05) is 30.3 Å². The molecular formula is C19H20N4OS. The van der Waals surface area contributed by atoms with E-state index in [2.05, 4.69) is 27.2 Å². The summed E-state index contributed by atoms with van der Waals surface area (Å²) < 4.78 is 0. The minimum absolute atomic E-state index is 0.163. The third-order valence-corrected chi connectivity index (χ3v) is 5.03. The highest BCUT2D eigenvalue weighted by Crippen LogP contribution is 2.21. The fourth-order valence-electron chi connectivity index (χ4n) is 2.48. The predicted molar refractivity (Wildman–Crippen MR) is 99.8 cm³/mol. The zero-order chi connectivity index (χ0) is 17.8. The summed E-state index contributed by atoms with van der Waals surface area (Å²) in [4.78, 5) is 27.0. The van der Waals surface area contributed by atoms with Gasteiger partial charge in [-0.05, 0) is 20.8 Å². The van der Waals surface area contributed by atoms with Crippen LogP contribution < -0.4 is 5.32 Å². The average Bonchev–Trinajstić information content (AvgIpc) is 2.93. The number of thiazole rings is 1. The van der Waals surface area contributed by atoms with Crippen LogP contribution in [0.5, 0.6) is 0 Å². The molecule has 0 bridgehead atoms. The van der Waals surface area contributed by atoms with Crippen LogP contribution in [0.15, 0.2) is 36.5 Å².